The first-order chi connectivity index (χ1) is 23.6. The van der Waals surface area contributed by atoms with Gasteiger partial charge in [0.15, 0.2) is 11.6 Å². The molecule has 2 aliphatic carbocycles. The highest BCUT2D eigenvalue weighted by atomic mass is 19.1. The maximum Gasteiger partial charge on any atom is 0.258 e. The summed E-state index contributed by atoms with van der Waals surface area (Å²) >= 11 is 0. The molecule has 3 fully saturated rings. The highest BCUT2D eigenvalue weighted by Crippen LogP contribution is 2.45. The normalized spacial score (nSPS) is 22.7. The largest absolute Gasteiger partial charge is 0.451 e. The first kappa shape index (κ1) is 34.9. The monoisotopic (exact) mass is 669 g/mol. The Labute approximate surface area is 291 Å². The Morgan fingerprint density at radius 3 is 2.57 bits per heavy atom. The minimum atomic E-state index is -0.482. The van der Waals surface area contributed by atoms with E-state index in [0.29, 0.717) is 34.7 Å². The number of hydrogen-bond acceptors (Lipinski definition) is 8. The minimum Gasteiger partial charge on any atom is -0.451 e. The Morgan fingerprint density at radius 2 is 1.86 bits per heavy atom. The van der Waals surface area contributed by atoms with E-state index in [1.165, 1.54) is 63.1 Å². The van der Waals surface area contributed by atoms with E-state index in [9.17, 15) is 14.4 Å². The number of nitriles is 1. The summed E-state index contributed by atoms with van der Waals surface area (Å²) in [4.78, 5) is 29.1. The third kappa shape index (κ3) is 8.26. The van der Waals surface area contributed by atoms with E-state index in [1.807, 2.05) is 27.7 Å². The molecule has 2 aromatic rings. The van der Waals surface area contributed by atoms with E-state index in [1.54, 1.807) is 11.1 Å². The number of aromatic nitrogens is 2. The molecule has 0 bridgehead atoms. The lowest BCUT2D eigenvalue weighted by molar-refractivity contribution is 0.0539. The number of halogens is 1. The molecular weight excluding hydrogens is 617 g/mol. The fourth-order valence-corrected chi connectivity index (χ4v) is 8.43. The Morgan fingerprint density at radius 1 is 1.10 bits per heavy atom. The summed E-state index contributed by atoms with van der Waals surface area (Å²) in [5.41, 5.74) is 1.78. The molecule has 2 atom stereocenters. The van der Waals surface area contributed by atoms with E-state index in [4.69, 9.17) is 4.74 Å². The topological polar surface area (TPSA) is 97.6 Å². The molecule has 49 heavy (non-hydrogen) atoms. The molecule has 10 heteroatoms. The van der Waals surface area contributed by atoms with E-state index in [2.05, 4.69) is 49.4 Å². The molecule has 1 unspecified atom stereocenters. The van der Waals surface area contributed by atoms with Crippen LogP contribution < -0.4 is 15.0 Å². The van der Waals surface area contributed by atoms with Gasteiger partial charge < -0.3 is 24.8 Å². The average Bonchev–Trinajstić information content (AvgIpc) is 3.56. The number of nitrogens with zero attached hydrogens (tertiary/aromatic N) is 6. The second-order valence-corrected chi connectivity index (χ2v) is 15.2. The van der Waals surface area contributed by atoms with E-state index < -0.39 is 5.82 Å². The zero-order valence-electron chi connectivity index (χ0n) is 29.6. The second kappa shape index (κ2) is 15.3. The lowest BCUT2D eigenvalue weighted by Gasteiger charge is -2.46. The van der Waals surface area contributed by atoms with Crippen molar-refractivity contribution in [1.82, 2.24) is 25.1 Å². The van der Waals surface area contributed by atoms with Crippen molar-refractivity contribution in [2.45, 2.75) is 97.2 Å². The van der Waals surface area contributed by atoms with Gasteiger partial charge in [-0.2, -0.15) is 5.26 Å². The summed E-state index contributed by atoms with van der Waals surface area (Å²) in [5, 5.41) is 13.0. The Kier molecular flexibility index (Phi) is 10.9. The molecule has 3 heterocycles. The zero-order valence-corrected chi connectivity index (χ0v) is 29.6. The number of allylic oxidation sites excluding steroid dienone is 3. The molecule has 2 aliphatic heterocycles. The molecule has 262 valence electrons. The number of amides is 1. The van der Waals surface area contributed by atoms with Crippen molar-refractivity contribution in [2.75, 3.05) is 37.6 Å². The number of benzene rings is 1. The first-order valence-corrected chi connectivity index (χ1v) is 18.2. The van der Waals surface area contributed by atoms with Crippen LogP contribution in [0.15, 0.2) is 54.6 Å². The van der Waals surface area contributed by atoms with E-state index >= 15 is 0 Å². The van der Waals surface area contributed by atoms with E-state index in [0.717, 1.165) is 51.3 Å². The van der Waals surface area contributed by atoms with Crippen LogP contribution in [0, 0.1) is 34.4 Å². The number of anilines is 1. The number of nitrogens with one attached hydrogen (secondary N) is 1. The molecule has 0 radical (unpaired) electrons. The van der Waals surface area contributed by atoms with E-state index in [-0.39, 0.29) is 29.5 Å². The lowest BCUT2D eigenvalue weighted by atomic mass is 9.67. The highest BCUT2D eigenvalue weighted by Gasteiger charge is 2.39. The summed E-state index contributed by atoms with van der Waals surface area (Å²) in [6, 6.07) is 6.88. The molecule has 1 saturated carbocycles. The number of rotatable bonds is 10. The van der Waals surface area contributed by atoms with Crippen LogP contribution in [0.4, 0.5) is 10.2 Å². The second-order valence-electron chi connectivity index (χ2n) is 15.2. The van der Waals surface area contributed by atoms with Crippen molar-refractivity contribution in [3.8, 4) is 17.6 Å². The first-order valence-electron chi connectivity index (χ1n) is 18.2. The van der Waals surface area contributed by atoms with Crippen molar-refractivity contribution >= 4 is 11.7 Å². The predicted octanol–water partition coefficient (Wildman–Crippen LogP) is 7.09. The number of hydrogen-bond donors (Lipinski definition) is 1. The number of carbonyl (C=O) groups excluding carboxylic acids is 1. The van der Waals surface area contributed by atoms with Crippen molar-refractivity contribution in [3.63, 3.8) is 0 Å². The van der Waals surface area contributed by atoms with Gasteiger partial charge in [-0.1, -0.05) is 6.08 Å². The van der Waals surface area contributed by atoms with Crippen LogP contribution in [0.1, 0.15) is 89.4 Å². The molecule has 9 nitrogen and oxygen atoms in total. The van der Waals surface area contributed by atoms with Crippen molar-refractivity contribution in [2.24, 2.45) is 17.3 Å². The minimum absolute atomic E-state index is 0.00701. The Hall–Kier alpha value is -3.97. The highest BCUT2D eigenvalue weighted by molar-refractivity contribution is 5.97. The fraction of sp³-hybridized carbons (Fsp3) is 0.590. The third-order valence-corrected chi connectivity index (χ3v) is 11.1. The van der Waals surface area contributed by atoms with Crippen molar-refractivity contribution in [1.29, 1.82) is 5.26 Å². The van der Waals surface area contributed by atoms with Gasteiger partial charge in [-0.05, 0) is 134 Å². The lowest BCUT2D eigenvalue weighted by Crippen LogP contribution is -2.45. The molecule has 6 rings (SSSR count). The van der Waals surface area contributed by atoms with Gasteiger partial charge in [0.1, 0.15) is 17.9 Å². The van der Waals surface area contributed by atoms with Crippen LogP contribution in [-0.4, -0.2) is 76.5 Å². The summed E-state index contributed by atoms with van der Waals surface area (Å²) in [6.07, 6.45) is 18.9. The summed E-state index contributed by atoms with van der Waals surface area (Å²) < 4.78 is 20.7. The van der Waals surface area contributed by atoms with Gasteiger partial charge in [0.05, 0.1) is 23.7 Å². The van der Waals surface area contributed by atoms with Gasteiger partial charge in [-0.15, -0.1) is 0 Å². The molecule has 4 aliphatic rings. The Bertz CT molecular complexity index is 1560. The molecule has 1 aromatic heterocycles. The fourth-order valence-electron chi connectivity index (χ4n) is 8.43. The predicted molar refractivity (Wildman–Crippen MR) is 190 cm³/mol. The summed E-state index contributed by atoms with van der Waals surface area (Å²) in [6.45, 7) is 13.0. The molecule has 2 saturated heterocycles. The molecule has 1 aromatic carbocycles. The number of piperidine rings is 1. The third-order valence-electron chi connectivity index (χ3n) is 11.1. The van der Waals surface area contributed by atoms with Gasteiger partial charge in [0, 0.05) is 43.5 Å². The van der Waals surface area contributed by atoms with Crippen LogP contribution in [-0.2, 0) is 0 Å². The van der Waals surface area contributed by atoms with Crippen molar-refractivity contribution in [3.05, 3.63) is 66.0 Å². The molecule has 1 N–H and O–H groups in total. The number of carbonyl (C=O) groups is 1. The van der Waals surface area contributed by atoms with Crippen LogP contribution in [0.25, 0.3) is 0 Å². The van der Waals surface area contributed by atoms with Gasteiger partial charge in [-0.25, -0.2) is 14.4 Å². The summed E-state index contributed by atoms with van der Waals surface area (Å²) in [5.74, 6) is 1.24. The molecule has 1 spiro atoms. The molecule has 1 amide bonds. The molecular formula is C39H52FN7O2. The van der Waals surface area contributed by atoms with Crippen LogP contribution in [0.5, 0.6) is 11.5 Å². The number of ether oxygens (including phenoxy) is 1. The summed E-state index contributed by atoms with van der Waals surface area (Å²) in [7, 11) is 0. The number of likely N-dealkylation sites (tertiary alicyclic amines) is 1. The van der Waals surface area contributed by atoms with Crippen LogP contribution in [0.2, 0.25) is 0 Å². The zero-order chi connectivity index (χ0) is 34.5. The van der Waals surface area contributed by atoms with Gasteiger partial charge in [0.2, 0.25) is 0 Å². The van der Waals surface area contributed by atoms with Gasteiger partial charge >= 0.3 is 0 Å². The van der Waals surface area contributed by atoms with Crippen molar-refractivity contribution < 1.29 is 13.9 Å². The standard InChI is InChI=1S/C39H52FN7O2/c1-27(2)47(28(3)4)38(48)34-21-31(40)8-9-35(34)49-36-23-42-26-43-37(36)46-17-12-30(25-46)24-45-18-15-39(16-19-45)13-10-32(11-14-39)44-33-7-5-6-29(20-33)22-41/h5,7-9,20-21,23,26-30,32,44H,6,10-19,24-25H2,1-4H3/t29?,30-/m0/s1. The van der Waals surface area contributed by atoms with Gasteiger partial charge in [0.25, 0.3) is 5.91 Å². The quantitative estimate of drug-likeness (QED) is 0.287. The van der Waals surface area contributed by atoms with Crippen LogP contribution in [0.3, 0.4) is 0 Å². The average molecular weight is 670 g/mol. The van der Waals surface area contributed by atoms with Gasteiger partial charge in [-0.3, -0.25) is 4.79 Å². The Balaban J connectivity index is 1.02. The smallest absolute Gasteiger partial charge is 0.258 e. The SMILES string of the molecule is CC(C)N(C(=O)c1cc(F)ccc1Oc1cncnc1N1CC[C@@H](CN2CCC3(CCC(NC4=CC(C#N)CC=C4)CC3)CC2)C1)C(C)C. The maximum atomic E-state index is 14.4. The maximum absolute atomic E-state index is 14.4. The van der Waals surface area contributed by atoms with Crippen LogP contribution >= 0.6 is 0 Å².